The standard InChI is InChI=1S/C21H24N6O7/c22-20(23)25-7-1-6-24-16(28)9-13-10-19(31)33-15-3-2-12(8-14(13)15)11-26-21(32)34-27-17(29)4-5-18(27)30/h2-3,8,10H,1,4-7,9,11H2,(H,24,28)(H,26,32)(H4,22,23,25). The molecule has 6 N–H and O–H groups in total. The molecule has 0 radical (unpaired) electrons. The van der Waals surface area contributed by atoms with Crippen molar-refractivity contribution in [3.05, 3.63) is 45.8 Å². The molecule has 13 heteroatoms. The van der Waals surface area contributed by atoms with E-state index in [9.17, 15) is 24.0 Å². The monoisotopic (exact) mass is 472 g/mol. The third kappa shape index (κ3) is 6.54. The lowest BCUT2D eigenvalue weighted by molar-refractivity contribution is -0.171. The van der Waals surface area contributed by atoms with Crippen LogP contribution in [0.1, 0.15) is 30.4 Å². The van der Waals surface area contributed by atoms with Gasteiger partial charge in [0.15, 0.2) is 5.96 Å². The van der Waals surface area contributed by atoms with Gasteiger partial charge in [-0.05, 0) is 29.7 Å². The normalized spacial score (nSPS) is 13.1. The fourth-order valence-corrected chi connectivity index (χ4v) is 3.25. The third-order valence-electron chi connectivity index (χ3n) is 4.85. The highest BCUT2D eigenvalue weighted by atomic mass is 16.7. The van der Waals surface area contributed by atoms with Gasteiger partial charge < -0.3 is 30.9 Å². The van der Waals surface area contributed by atoms with E-state index in [4.69, 9.17) is 20.4 Å². The molecule has 180 valence electrons. The van der Waals surface area contributed by atoms with E-state index < -0.39 is 23.5 Å². The second-order valence-electron chi connectivity index (χ2n) is 7.46. The Morgan fingerprint density at radius 2 is 1.76 bits per heavy atom. The van der Waals surface area contributed by atoms with E-state index in [0.717, 1.165) is 0 Å². The zero-order valence-electron chi connectivity index (χ0n) is 18.1. The number of hydrogen-bond acceptors (Lipinski definition) is 8. The number of imide groups is 1. The Morgan fingerprint density at radius 3 is 2.47 bits per heavy atom. The number of fused-ring (bicyclic) bond motifs is 1. The number of nitrogens with one attached hydrogen (secondary N) is 4. The summed E-state index contributed by atoms with van der Waals surface area (Å²) in [7, 11) is 0. The fraction of sp³-hybridized carbons (Fsp3) is 0.333. The van der Waals surface area contributed by atoms with Crippen LogP contribution in [0.3, 0.4) is 0 Å². The smallest absolute Gasteiger partial charge is 0.423 e. The Hall–Kier alpha value is -4.42. The zero-order valence-corrected chi connectivity index (χ0v) is 18.1. The summed E-state index contributed by atoms with van der Waals surface area (Å²) in [5.41, 5.74) is 5.92. The third-order valence-corrected chi connectivity index (χ3v) is 4.85. The predicted octanol–water partition coefficient (Wildman–Crippen LogP) is -0.385. The van der Waals surface area contributed by atoms with Gasteiger partial charge in [-0.15, -0.1) is 5.06 Å². The van der Waals surface area contributed by atoms with Crippen molar-refractivity contribution < 1.29 is 28.4 Å². The minimum atomic E-state index is -0.970. The maximum absolute atomic E-state index is 12.3. The Bertz CT molecular complexity index is 1180. The summed E-state index contributed by atoms with van der Waals surface area (Å²) in [6.07, 6.45) is -0.493. The number of carbonyl (C=O) groups is 4. The number of carbonyl (C=O) groups excluding carboxylic acids is 4. The van der Waals surface area contributed by atoms with Crippen LogP contribution in [0, 0.1) is 5.41 Å². The van der Waals surface area contributed by atoms with E-state index in [-0.39, 0.29) is 43.3 Å². The molecule has 2 aromatic rings. The van der Waals surface area contributed by atoms with Crippen LogP contribution in [0.5, 0.6) is 0 Å². The van der Waals surface area contributed by atoms with Crippen LogP contribution in [0.15, 0.2) is 33.5 Å². The molecule has 1 saturated heterocycles. The maximum atomic E-state index is 12.3. The Kier molecular flexibility index (Phi) is 7.79. The first kappa shape index (κ1) is 24.2. The first-order valence-electron chi connectivity index (χ1n) is 10.4. The number of amides is 4. The molecule has 1 aliphatic rings. The summed E-state index contributed by atoms with van der Waals surface area (Å²) in [5.74, 6) is -1.62. The summed E-state index contributed by atoms with van der Waals surface area (Å²) < 4.78 is 5.19. The molecule has 1 aromatic heterocycles. The van der Waals surface area contributed by atoms with E-state index in [1.165, 1.54) is 6.07 Å². The summed E-state index contributed by atoms with van der Waals surface area (Å²) in [4.78, 5) is 64.0. The van der Waals surface area contributed by atoms with Crippen molar-refractivity contribution >= 4 is 40.7 Å². The van der Waals surface area contributed by atoms with Gasteiger partial charge in [-0.2, -0.15) is 0 Å². The number of hydrogen-bond donors (Lipinski definition) is 5. The average molecular weight is 472 g/mol. The number of guanidine groups is 1. The SMILES string of the molecule is N=C(N)NCCCNC(=O)Cc1cc(=O)oc2ccc(CNC(=O)ON3C(=O)CCC3=O)cc12. The van der Waals surface area contributed by atoms with Gasteiger partial charge in [-0.3, -0.25) is 19.8 Å². The molecule has 0 atom stereocenters. The van der Waals surface area contributed by atoms with E-state index in [1.807, 2.05) is 0 Å². The second-order valence-corrected chi connectivity index (χ2v) is 7.46. The van der Waals surface area contributed by atoms with E-state index >= 15 is 0 Å². The highest BCUT2D eigenvalue weighted by molar-refractivity contribution is 6.01. The van der Waals surface area contributed by atoms with Crippen LogP contribution in [0.25, 0.3) is 11.0 Å². The minimum absolute atomic E-state index is 0.00109. The molecule has 0 saturated carbocycles. The molecule has 4 amide bonds. The van der Waals surface area contributed by atoms with E-state index in [1.54, 1.807) is 18.2 Å². The average Bonchev–Trinajstić information content (AvgIpc) is 3.09. The van der Waals surface area contributed by atoms with Crippen LogP contribution in [-0.2, 0) is 32.2 Å². The molecule has 2 heterocycles. The Morgan fingerprint density at radius 1 is 1.06 bits per heavy atom. The van der Waals surface area contributed by atoms with Crippen LogP contribution < -0.4 is 27.3 Å². The number of hydroxylamine groups is 2. The van der Waals surface area contributed by atoms with Crippen molar-refractivity contribution in [3.63, 3.8) is 0 Å². The van der Waals surface area contributed by atoms with Gasteiger partial charge in [-0.1, -0.05) is 6.07 Å². The molecule has 0 spiro atoms. The first-order chi connectivity index (χ1) is 16.2. The summed E-state index contributed by atoms with van der Waals surface area (Å²) >= 11 is 0. The molecule has 0 aliphatic carbocycles. The molecule has 34 heavy (non-hydrogen) atoms. The highest BCUT2D eigenvalue weighted by Gasteiger charge is 2.32. The number of rotatable bonds is 9. The predicted molar refractivity (Wildman–Crippen MR) is 118 cm³/mol. The molecule has 1 fully saturated rings. The fourth-order valence-electron chi connectivity index (χ4n) is 3.25. The largest absolute Gasteiger partial charge is 0.432 e. The number of benzene rings is 1. The van der Waals surface area contributed by atoms with Gasteiger partial charge in [0.25, 0.3) is 11.8 Å². The maximum Gasteiger partial charge on any atom is 0.432 e. The van der Waals surface area contributed by atoms with Gasteiger partial charge in [0.2, 0.25) is 5.91 Å². The second kappa shape index (κ2) is 10.9. The molecule has 13 nitrogen and oxygen atoms in total. The Labute approximate surface area is 193 Å². The van der Waals surface area contributed by atoms with Crippen LogP contribution in [0.2, 0.25) is 0 Å². The van der Waals surface area contributed by atoms with Crippen LogP contribution >= 0.6 is 0 Å². The summed E-state index contributed by atoms with van der Waals surface area (Å²) in [5, 5.41) is 15.8. The van der Waals surface area contributed by atoms with E-state index in [2.05, 4.69) is 16.0 Å². The Balaban J connectivity index is 1.62. The molecule has 1 aliphatic heterocycles. The molecule has 0 unspecified atom stereocenters. The van der Waals surface area contributed by atoms with Gasteiger partial charge >= 0.3 is 11.7 Å². The van der Waals surface area contributed by atoms with Crippen LogP contribution in [0.4, 0.5) is 4.79 Å². The van der Waals surface area contributed by atoms with Crippen molar-refractivity contribution in [1.82, 2.24) is 21.0 Å². The molecule has 0 bridgehead atoms. The zero-order chi connectivity index (χ0) is 24.7. The number of nitrogens with two attached hydrogens (primary N) is 1. The van der Waals surface area contributed by atoms with Crippen molar-refractivity contribution in [2.75, 3.05) is 13.1 Å². The lowest BCUT2D eigenvalue weighted by Crippen LogP contribution is -2.36. The lowest BCUT2D eigenvalue weighted by Gasteiger charge is -2.13. The molecule has 3 rings (SSSR count). The molecule has 1 aromatic carbocycles. The first-order valence-corrected chi connectivity index (χ1v) is 10.4. The number of nitrogens with zero attached hydrogens (tertiary/aromatic N) is 1. The highest BCUT2D eigenvalue weighted by Crippen LogP contribution is 2.20. The van der Waals surface area contributed by atoms with Crippen molar-refractivity contribution in [1.29, 1.82) is 5.41 Å². The summed E-state index contributed by atoms with van der Waals surface area (Å²) in [6.45, 7) is 0.795. The van der Waals surface area contributed by atoms with E-state index in [0.29, 0.717) is 41.1 Å². The van der Waals surface area contributed by atoms with Gasteiger partial charge in [0.1, 0.15) is 5.58 Å². The van der Waals surface area contributed by atoms with Crippen molar-refractivity contribution in [3.8, 4) is 0 Å². The van der Waals surface area contributed by atoms with Gasteiger partial charge in [0, 0.05) is 43.9 Å². The lowest BCUT2D eigenvalue weighted by atomic mass is 10.0. The topological polar surface area (TPSA) is 197 Å². The van der Waals surface area contributed by atoms with Crippen LogP contribution in [-0.4, -0.2) is 47.9 Å². The minimum Gasteiger partial charge on any atom is -0.423 e. The summed E-state index contributed by atoms with van der Waals surface area (Å²) in [6, 6.07) is 6.05. The molecular formula is C21H24N6O7. The van der Waals surface area contributed by atoms with Gasteiger partial charge in [0.05, 0.1) is 6.42 Å². The quantitative estimate of drug-likeness (QED) is 0.106. The van der Waals surface area contributed by atoms with Gasteiger partial charge in [-0.25, -0.2) is 9.59 Å². The molecular weight excluding hydrogens is 448 g/mol. The van der Waals surface area contributed by atoms with Crippen molar-refractivity contribution in [2.24, 2.45) is 5.73 Å². The van der Waals surface area contributed by atoms with Crippen molar-refractivity contribution in [2.45, 2.75) is 32.2 Å².